The van der Waals surface area contributed by atoms with Crippen molar-refractivity contribution in [1.82, 2.24) is 4.98 Å². The molecule has 2 unspecified atom stereocenters. The number of fused-ring (bicyclic) bond motifs is 1. The topological polar surface area (TPSA) is 24.7 Å². The molecular formula is C15H23N3+2. The number of aromatic nitrogens is 1. The summed E-state index contributed by atoms with van der Waals surface area (Å²) < 4.78 is 0. The van der Waals surface area contributed by atoms with Crippen LogP contribution in [0.4, 0.5) is 0 Å². The van der Waals surface area contributed by atoms with E-state index in [9.17, 15) is 0 Å². The van der Waals surface area contributed by atoms with Crippen LogP contribution in [0.5, 0.6) is 0 Å². The van der Waals surface area contributed by atoms with Gasteiger partial charge < -0.3 is 14.8 Å². The van der Waals surface area contributed by atoms with Gasteiger partial charge in [-0.25, -0.2) is 0 Å². The van der Waals surface area contributed by atoms with E-state index in [0.717, 1.165) is 6.54 Å². The van der Waals surface area contributed by atoms with E-state index in [2.05, 4.69) is 42.5 Å². The Morgan fingerprint density at radius 3 is 2.94 bits per heavy atom. The first-order valence-electron chi connectivity index (χ1n) is 7.03. The monoisotopic (exact) mass is 245 g/mol. The third-order valence-corrected chi connectivity index (χ3v) is 4.15. The molecule has 0 saturated carbocycles. The fourth-order valence-electron chi connectivity index (χ4n) is 3.00. The van der Waals surface area contributed by atoms with E-state index in [1.54, 1.807) is 9.80 Å². The summed E-state index contributed by atoms with van der Waals surface area (Å²) in [7, 11) is 2.31. The zero-order chi connectivity index (χ0) is 12.4. The molecule has 0 bridgehead atoms. The number of likely N-dealkylation sites (N-methyl/N-ethyl adjacent to an activating group) is 1. The molecule has 0 amide bonds. The lowest BCUT2D eigenvalue weighted by Crippen LogP contribution is -3.15. The molecule has 3 heteroatoms. The number of H-pyrrole nitrogens is 1. The maximum atomic E-state index is 3.38. The second-order valence-electron chi connectivity index (χ2n) is 5.60. The summed E-state index contributed by atoms with van der Waals surface area (Å²) in [6.45, 7) is 6.41. The molecule has 2 aromatic rings. The third-order valence-electron chi connectivity index (χ3n) is 4.15. The van der Waals surface area contributed by atoms with Crippen LogP contribution in [0.3, 0.4) is 0 Å². The van der Waals surface area contributed by atoms with Crippen LogP contribution < -0.4 is 9.80 Å². The summed E-state index contributed by atoms with van der Waals surface area (Å²) in [5.41, 5.74) is 2.74. The van der Waals surface area contributed by atoms with Crippen LogP contribution in [-0.4, -0.2) is 38.2 Å². The molecule has 0 spiro atoms. The summed E-state index contributed by atoms with van der Waals surface area (Å²) in [6.07, 6.45) is 3.54. The Labute approximate surface area is 108 Å². The van der Waals surface area contributed by atoms with Gasteiger partial charge in [0.1, 0.15) is 19.6 Å². The van der Waals surface area contributed by atoms with Crippen molar-refractivity contribution in [3.05, 3.63) is 36.0 Å². The van der Waals surface area contributed by atoms with E-state index in [1.165, 1.54) is 49.1 Å². The van der Waals surface area contributed by atoms with E-state index in [1.807, 2.05) is 0 Å². The highest BCUT2D eigenvalue weighted by atomic mass is 15.2. The van der Waals surface area contributed by atoms with Crippen LogP contribution in [-0.2, 0) is 6.54 Å². The van der Waals surface area contributed by atoms with Crippen molar-refractivity contribution in [3.8, 4) is 0 Å². The molecule has 1 fully saturated rings. The quantitative estimate of drug-likeness (QED) is 0.634. The lowest BCUT2D eigenvalue weighted by Gasteiger charge is -2.15. The van der Waals surface area contributed by atoms with E-state index in [-0.39, 0.29) is 0 Å². The van der Waals surface area contributed by atoms with Crippen molar-refractivity contribution in [2.45, 2.75) is 13.0 Å². The number of nitrogens with one attached hydrogen (secondary N) is 3. The minimum atomic E-state index is 1.16. The fourth-order valence-corrected chi connectivity index (χ4v) is 3.00. The Hall–Kier alpha value is -1.32. The summed E-state index contributed by atoms with van der Waals surface area (Å²) in [6, 6.07) is 8.62. The number of aromatic amines is 1. The molecule has 1 aromatic heterocycles. The fraction of sp³-hybridized carbons (Fsp3) is 0.467. The summed E-state index contributed by atoms with van der Waals surface area (Å²) in [4.78, 5) is 6.80. The number of hydrogen-bond donors (Lipinski definition) is 3. The van der Waals surface area contributed by atoms with Crippen molar-refractivity contribution in [2.24, 2.45) is 0 Å². The zero-order valence-corrected chi connectivity index (χ0v) is 11.1. The van der Waals surface area contributed by atoms with E-state index in [0.29, 0.717) is 0 Å². The smallest absolute Gasteiger partial charge is 0.127 e. The average Bonchev–Trinajstić information content (AvgIpc) is 2.67. The second-order valence-corrected chi connectivity index (χ2v) is 5.60. The standard InChI is InChI=1S/C15H21N3/c1-17-7-4-8-18(10-9-17)12-13-11-16-15-6-3-2-5-14(13)15/h2-3,5-6,11,16H,4,7-10,12H2,1H3/p+2. The summed E-state index contributed by atoms with van der Waals surface area (Å²) in [5, 5.41) is 1.40. The largest absolute Gasteiger partial charge is 0.361 e. The maximum absolute atomic E-state index is 3.38. The molecule has 2 atom stereocenters. The van der Waals surface area contributed by atoms with Gasteiger partial charge in [-0.15, -0.1) is 0 Å². The van der Waals surface area contributed by atoms with Gasteiger partial charge in [0.2, 0.25) is 0 Å². The molecule has 2 heterocycles. The van der Waals surface area contributed by atoms with Crippen LogP contribution in [0.15, 0.2) is 30.5 Å². The highest BCUT2D eigenvalue weighted by Crippen LogP contribution is 2.16. The SMILES string of the molecule is C[NH+]1CCC[NH+](Cc2c[nH]c3ccccc23)CC1. The first kappa shape index (κ1) is 11.8. The Morgan fingerprint density at radius 2 is 2.00 bits per heavy atom. The lowest BCUT2D eigenvalue weighted by molar-refractivity contribution is -0.938. The van der Waals surface area contributed by atoms with Gasteiger partial charge in [-0.1, -0.05) is 18.2 Å². The maximum Gasteiger partial charge on any atom is 0.127 e. The van der Waals surface area contributed by atoms with Gasteiger partial charge in [-0.3, -0.25) is 0 Å². The van der Waals surface area contributed by atoms with E-state index >= 15 is 0 Å². The summed E-state index contributed by atoms with van der Waals surface area (Å²) in [5.74, 6) is 0. The van der Waals surface area contributed by atoms with Crippen molar-refractivity contribution in [2.75, 3.05) is 33.2 Å². The minimum Gasteiger partial charge on any atom is -0.361 e. The highest BCUT2D eigenvalue weighted by Gasteiger charge is 2.18. The first-order valence-corrected chi connectivity index (χ1v) is 7.03. The van der Waals surface area contributed by atoms with Crippen molar-refractivity contribution in [1.29, 1.82) is 0 Å². The molecule has 1 aromatic carbocycles. The van der Waals surface area contributed by atoms with Gasteiger partial charge in [0.05, 0.1) is 20.1 Å². The van der Waals surface area contributed by atoms with Gasteiger partial charge in [0.15, 0.2) is 0 Å². The second kappa shape index (κ2) is 5.12. The zero-order valence-electron chi connectivity index (χ0n) is 11.1. The normalized spacial score (nSPS) is 25.2. The molecule has 3 rings (SSSR count). The van der Waals surface area contributed by atoms with Crippen LogP contribution in [0, 0.1) is 0 Å². The van der Waals surface area contributed by atoms with Crippen molar-refractivity contribution < 1.29 is 9.80 Å². The van der Waals surface area contributed by atoms with Gasteiger partial charge >= 0.3 is 0 Å². The molecule has 1 aliphatic rings. The molecule has 0 radical (unpaired) electrons. The predicted molar refractivity (Wildman–Crippen MR) is 73.9 cm³/mol. The lowest BCUT2D eigenvalue weighted by atomic mass is 10.1. The number of para-hydroxylation sites is 1. The van der Waals surface area contributed by atoms with Crippen LogP contribution in [0.25, 0.3) is 10.9 Å². The number of hydrogen-bond acceptors (Lipinski definition) is 0. The number of rotatable bonds is 2. The van der Waals surface area contributed by atoms with Crippen molar-refractivity contribution >= 4 is 10.9 Å². The van der Waals surface area contributed by atoms with Gasteiger partial charge in [-0.2, -0.15) is 0 Å². The number of benzene rings is 1. The molecule has 3 N–H and O–H groups in total. The Morgan fingerprint density at radius 1 is 1.11 bits per heavy atom. The van der Waals surface area contributed by atoms with E-state index in [4.69, 9.17) is 0 Å². The number of quaternary nitrogens is 2. The van der Waals surface area contributed by atoms with Gasteiger partial charge in [0, 0.05) is 29.1 Å². The summed E-state index contributed by atoms with van der Waals surface area (Å²) >= 11 is 0. The van der Waals surface area contributed by atoms with Gasteiger partial charge in [0.25, 0.3) is 0 Å². The Kier molecular flexibility index (Phi) is 3.35. The molecule has 3 nitrogen and oxygen atoms in total. The highest BCUT2D eigenvalue weighted by molar-refractivity contribution is 5.82. The Bertz CT molecular complexity index is 517. The Balaban J connectivity index is 1.75. The van der Waals surface area contributed by atoms with E-state index < -0.39 is 0 Å². The molecule has 1 saturated heterocycles. The van der Waals surface area contributed by atoms with Gasteiger partial charge in [-0.05, 0) is 6.07 Å². The van der Waals surface area contributed by atoms with Crippen LogP contribution >= 0.6 is 0 Å². The predicted octanol–water partition coefficient (Wildman–Crippen LogP) is -0.529. The third kappa shape index (κ3) is 2.42. The average molecular weight is 245 g/mol. The van der Waals surface area contributed by atoms with Crippen LogP contribution in [0.1, 0.15) is 12.0 Å². The minimum absolute atomic E-state index is 1.16. The first-order chi connectivity index (χ1) is 8.83. The van der Waals surface area contributed by atoms with Crippen molar-refractivity contribution in [3.63, 3.8) is 0 Å². The molecule has 1 aliphatic heterocycles. The molecule has 0 aliphatic carbocycles. The molecule has 18 heavy (non-hydrogen) atoms. The molecule has 96 valence electrons. The van der Waals surface area contributed by atoms with Crippen LogP contribution in [0.2, 0.25) is 0 Å². The molecular weight excluding hydrogens is 222 g/mol.